The highest BCUT2D eigenvalue weighted by atomic mass is 16.5. The topological polar surface area (TPSA) is 72.1 Å². The summed E-state index contributed by atoms with van der Waals surface area (Å²) in [5, 5.41) is 3.92. The smallest absolute Gasteiger partial charge is 0.227 e. The molecule has 0 aliphatic carbocycles. The van der Waals surface area contributed by atoms with Gasteiger partial charge in [-0.15, -0.1) is 0 Å². The van der Waals surface area contributed by atoms with E-state index in [9.17, 15) is 4.79 Å². The molecule has 0 aliphatic rings. The third-order valence-corrected chi connectivity index (χ3v) is 3.02. The van der Waals surface area contributed by atoms with Crippen LogP contribution in [-0.2, 0) is 11.2 Å². The minimum atomic E-state index is 0.0901. The van der Waals surface area contributed by atoms with E-state index >= 15 is 0 Å². The van der Waals surface area contributed by atoms with Crippen LogP contribution in [0.3, 0.4) is 0 Å². The molecule has 1 amide bonds. The van der Waals surface area contributed by atoms with Gasteiger partial charge in [0.15, 0.2) is 0 Å². The number of carbonyl (C=O) groups excluding carboxylic acids is 1. The van der Waals surface area contributed by atoms with Crippen molar-refractivity contribution in [3.05, 3.63) is 30.4 Å². The molecule has 0 aliphatic heterocycles. The van der Waals surface area contributed by atoms with Gasteiger partial charge >= 0.3 is 0 Å². The van der Waals surface area contributed by atoms with Crippen molar-refractivity contribution in [2.75, 3.05) is 13.6 Å². The van der Waals surface area contributed by atoms with E-state index in [4.69, 9.17) is 4.52 Å². The van der Waals surface area contributed by atoms with E-state index in [0.717, 1.165) is 12.1 Å². The van der Waals surface area contributed by atoms with Crippen LogP contribution in [0.1, 0.15) is 26.2 Å². The number of aromatic nitrogens is 3. The zero-order valence-corrected chi connectivity index (χ0v) is 12.6. The van der Waals surface area contributed by atoms with Crippen LogP contribution in [0.2, 0.25) is 0 Å². The van der Waals surface area contributed by atoms with Gasteiger partial charge in [0.05, 0.1) is 0 Å². The van der Waals surface area contributed by atoms with Crippen molar-refractivity contribution in [2.24, 2.45) is 5.92 Å². The maximum atomic E-state index is 12.0. The number of amides is 1. The van der Waals surface area contributed by atoms with E-state index in [0.29, 0.717) is 30.5 Å². The summed E-state index contributed by atoms with van der Waals surface area (Å²) in [6.45, 7) is 4.93. The monoisotopic (exact) mass is 288 g/mol. The van der Waals surface area contributed by atoms with Crippen LogP contribution in [-0.4, -0.2) is 39.5 Å². The summed E-state index contributed by atoms with van der Waals surface area (Å²) in [5.41, 5.74) is 0.850. The average Bonchev–Trinajstić information content (AvgIpc) is 2.94. The van der Waals surface area contributed by atoms with Crippen molar-refractivity contribution >= 4 is 5.91 Å². The molecule has 0 atom stereocenters. The molecule has 0 N–H and O–H groups in total. The van der Waals surface area contributed by atoms with Crippen LogP contribution in [0.5, 0.6) is 0 Å². The Hall–Kier alpha value is -2.24. The summed E-state index contributed by atoms with van der Waals surface area (Å²) in [5.74, 6) is 1.55. The third-order valence-electron chi connectivity index (χ3n) is 3.02. The van der Waals surface area contributed by atoms with Crippen LogP contribution in [0.15, 0.2) is 29.0 Å². The Labute approximate surface area is 124 Å². The Balaban J connectivity index is 1.90. The normalized spacial score (nSPS) is 10.9. The van der Waals surface area contributed by atoms with Gasteiger partial charge in [0.2, 0.25) is 17.6 Å². The fraction of sp³-hybridized carbons (Fsp3) is 0.467. The largest absolute Gasteiger partial charge is 0.345 e. The Kier molecular flexibility index (Phi) is 5.03. The number of nitrogens with zero attached hydrogens (tertiary/aromatic N) is 4. The maximum absolute atomic E-state index is 12.0. The van der Waals surface area contributed by atoms with Gasteiger partial charge in [0.25, 0.3) is 0 Å². The predicted molar refractivity (Wildman–Crippen MR) is 78.3 cm³/mol. The second kappa shape index (κ2) is 6.97. The van der Waals surface area contributed by atoms with Gasteiger partial charge < -0.3 is 9.42 Å². The van der Waals surface area contributed by atoms with Crippen LogP contribution in [0.4, 0.5) is 0 Å². The quantitative estimate of drug-likeness (QED) is 0.814. The summed E-state index contributed by atoms with van der Waals surface area (Å²) in [6.07, 6.45) is 4.19. The Morgan fingerprint density at radius 2 is 2.05 bits per heavy atom. The molecule has 6 nitrogen and oxygen atoms in total. The Morgan fingerprint density at radius 1 is 1.33 bits per heavy atom. The Morgan fingerprint density at radius 3 is 2.71 bits per heavy atom. The zero-order valence-electron chi connectivity index (χ0n) is 12.6. The molecule has 2 heterocycles. The van der Waals surface area contributed by atoms with Crippen molar-refractivity contribution in [3.8, 4) is 11.4 Å². The van der Waals surface area contributed by atoms with Gasteiger partial charge in [0, 0.05) is 44.4 Å². The second-order valence-electron chi connectivity index (χ2n) is 5.42. The number of hydrogen-bond donors (Lipinski definition) is 0. The van der Waals surface area contributed by atoms with E-state index in [-0.39, 0.29) is 5.91 Å². The van der Waals surface area contributed by atoms with Gasteiger partial charge in [-0.3, -0.25) is 9.78 Å². The predicted octanol–water partition coefficient (Wildman–Crippen LogP) is 2.18. The van der Waals surface area contributed by atoms with Crippen LogP contribution < -0.4 is 0 Å². The van der Waals surface area contributed by atoms with Crippen molar-refractivity contribution in [2.45, 2.75) is 26.7 Å². The molecule has 0 fully saturated rings. The maximum Gasteiger partial charge on any atom is 0.227 e. The minimum absolute atomic E-state index is 0.0901. The fourth-order valence-corrected chi connectivity index (χ4v) is 2.03. The number of pyridine rings is 1. The molecule has 6 heteroatoms. The molecule has 21 heavy (non-hydrogen) atoms. The lowest BCUT2D eigenvalue weighted by Crippen LogP contribution is -2.30. The van der Waals surface area contributed by atoms with Crippen molar-refractivity contribution in [1.82, 2.24) is 20.0 Å². The van der Waals surface area contributed by atoms with Gasteiger partial charge in [-0.25, -0.2) is 0 Å². The third kappa shape index (κ3) is 4.37. The molecule has 0 aromatic carbocycles. The Bertz CT molecular complexity index is 580. The molecule has 0 radical (unpaired) electrons. The molecule has 0 saturated heterocycles. The van der Waals surface area contributed by atoms with Crippen LogP contribution >= 0.6 is 0 Å². The first kappa shape index (κ1) is 15.2. The van der Waals surface area contributed by atoms with E-state index in [1.54, 1.807) is 17.3 Å². The highest BCUT2D eigenvalue weighted by Gasteiger charge is 2.13. The molecule has 2 rings (SSSR count). The van der Waals surface area contributed by atoms with Gasteiger partial charge in [-0.1, -0.05) is 19.0 Å². The first-order valence-corrected chi connectivity index (χ1v) is 7.03. The SMILES string of the molecule is CC(C)CN(C)C(=O)CCc1nc(-c2ccncc2)no1. The summed E-state index contributed by atoms with van der Waals surface area (Å²) in [4.78, 5) is 21.9. The highest BCUT2D eigenvalue weighted by molar-refractivity contribution is 5.76. The molecule has 0 bridgehead atoms. The van der Waals surface area contributed by atoms with Crippen molar-refractivity contribution in [3.63, 3.8) is 0 Å². The summed E-state index contributed by atoms with van der Waals surface area (Å²) in [6, 6.07) is 3.63. The molecular formula is C15H20N4O2. The van der Waals surface area contributed by atoms with E-state index in [1.807, 2.05) is 19.2 Å². The summed E-state index contributed by atoms with van der Waals surface area (Å²) >= 11 is 0. The minimum Gasteiger partial charge on any atom is -0.345 e. The first-order valence-electron chi connectivity index (χ1n) is 7.03. The highest BCUT2D eigenvalue weighted by Crippen LogP contribution is 2.14. The molecule has 0 saturated carbocycles. The molecule has 112 valence electrons. The lowest BCUT2D eigenvalue weighted by Gasteiger charge is -2.18. The fourth-order valence-electron chi connectivity index (χ4n) is 2.03. The number of rotatable bonds is 6. The average molecular weight is 288 g/mol. The molecule has 2 aromatic rings. The second-order valence-corrected chi connectivity index (χ2v) is 5.42. The van der Waals surface area contributed by atoms with E-state index in [1.165, 1.54) is 0 Å². The molecular weight excluding hydrogens is 268 g/mol. The summed E-state index contributed by atoms with van der Waals surface area (Å²) in [7, 11) is 1.82. The van der Waals surface area contributed by atoms with Crippen LogP contribution in [0, 0.1) is 5.92 Å². The lowest BCUT2D eigenvalue weighted by molar-refractivity contribution is -0.130. The zero-order chi connectivity index (χ0) is 15.2. The number of aryl methyl sites for hydroxylation is 1. The van der Waals surface area contributed by atoms with Gasteiger partial charge in [-0.05, 0) is 18.1 Å². The molecule has 0 unspecified atom stereocenters. The number of carbonyl (C=O) groups is 1. The van der Waals surface area contributed by atoms with E-state index < -0.39 is 0 Å². The first-order chi connectivity index (χ1) is 10.1. The van der Waals surface area contributed by atoms with Crippen LogP contribution in [0.25, 0.3) is 11.4 Å². The summed E-state index contributed by atoms with van der Waals surface area (Å²) < 4.78 is 5.18. The van der Waals surface area contributed by atoms with E-state index in [2.05, 4.69) is 29.0 Å². The van der Waals surface area contributed by atoms with Crippen molar-refractivity contribution in [1.29, 1.82) is 0 Å². The molecule has 0 spiro atoms. The lowest BCUT2D eigenvalue weighted by atomic mass is 10.2. The van der Waals surface area contributed by atoms with Crippen molar-refractivity contribution < 1.29 is 9.32 Å². The standard InChI is InChI=1S/C15H20N4O2/c1-11(2)10-19(3)14(20)5-4-13-17-15(18-21-13)12-6-8-16-9-7-12/h6-9,11H,4-5,10H2,1-3H3. The van der Waals surface area contributed by atoms with Gasteiger partial charge in [-0.2, -0.15) is 4.98 Å². The number of hydrogen-bond acceptors (Lipinski definition) is 5. The molecule has 2 aromatic heterocycles. The van der Waals surface area contributed by atoms with Gasteiger partial charge in [0.1, 0.15) is 0 Å².